The predicted molar refractivity (Wildman–Crippen MR) is 89.2 cm³/mol. The first-order valence-electron chi connectivity index (χ1n) is 7.90. The number of nitro groups is 1. The van der Waals surface area contributed by atoms with Crippen molar-refractivity contribution in [2.24, 2.45) is 5.92 Å². The van der Waals surface area contributed by atoms with Crippen molar-refractivity contribution in [1.29, 1.82) is 0 Å². The second-order valence-electron chi connectivity index (χ2n) is 5.78. The zero-order valence-electron chi connectivity index (χ0n) is 13.8. The molecule has 1 aliphatic rings. The summed E-state index contributed by atoms with van der Waals surface area (Å²) in [5, 5.41) is 14.1. The van der Waals surface area contributed by atoms with Gasteiger partial charge in [0.05, 0.1) is 22.8 Å². The molecule has 126 valence electrons. The molecular weight excluding hydrogens is 298 g/mol. The SMILES string of the molecule is CCOC(=O)c1cc([N+](=O)[O-])c(NC)cc1N1CCC(C)CC1. The maximum Gasteiger partial charge on any atom is 0.340 e. The number of benzene rings is 1. The Morgan fingerprint density at radius 1 is 1.43 bits per heavy atom. The number of nitrogens with one attached hydrogen (secondary N) is 1. The monoisotopic (exact) mass is 321 g/mol. The Hall–Kier alpha value is -2.31. The Morgan fingerprint density at radius 3 is 2.61 bits per heavy atom. The largest absolute Gasteiger partial charge is 0.462 e. The van der Waals surface area contributed by atoms with E-state index < -0.39 is 10.9 Å². The highest BCUT2D eigenvalue weighted by atomic mass is 16.6. The maximum absolute atomic E-state index is 12.3. The molecule has 0 aromatic heterocycles. The van der Waals surface area contributed by atoms with Gasteiger partial charge in [-0.25, -0.2) is 4.79 Å². The Morgan fingerprint density at radius 2 is 2.09 bits per heavy atom. The van der Waals surface area contributed by atoms with Crippen LogP contribution in [0.15, 0.2) is 12.1 Å². The molecule has 1 saturated heterocycles. The van der Waals surface area contributed by atoms with Crippen molar-refractivity contribution in [3.05, 3.63) is 27.8 Å². The van der Waals surface area contributed by atoms with Crippen molar-refractivity contribution in [1.82, 2.24) is 0 Å². The van der Waals surface area contributed by atoms with Crippen LogP contribution in [-0.2, 0) is 4.74 Å². The summed E-state index contributed by atoms with van der Waals surface area (Å²) in [7, 11) is 1.63. The molecule has 1 aromatic carbocycles. The third-order valence-electron chi connectivity index (χ3n) is 4.20. The van der Waals surface area contributed by atoms with E-state index in [4.69, 9.17) is 4.74 Å². The summed E-state index contributed by atoms with van der Waals surface area (Å²) in [6.45, 7) is 5.81. The van der Waals surface area contributed by atoms with Crippen molar-refractivity contribution in [2.45, 2.75) is 26.7 Å². The number of rotatable bonds is 5. The van der Waals surface area contributed by atoms with Gasteiger partial charge in [0, 0.05) is 26.2 Å². The van der Waals surface area contributed by atoms with E-state index in [-0.39, 0.29) is 17.9 Å². The van der Waals surface area contributed by atoms with Crippen LogP contribution in [0.3, 0.4) is 0 Å². The molecule has 0 unspecified atom stereocenters. The van der Waals surface area contributed by atoms with E-state index in [0.717, 1.165) is 25.9 Å². The maximum atomic E-state index is 12.3. The lowest BCUT2D eigenvalue weighted by Gasteiger charge is -2.33. The van der Waals surface area contributed by atoms with E-state index >= 15 is 0 Å². The van der Waals surface area contributed by atoms with Gasteiger partial charge in [-0.05, 0) is 31.7 Å². The third kappa shape index (κ3) is 3.72. The molecule has 0 radical (unpaired) electrons. The summed E-state index contributed by atoms with van der Waals surface area (Å²) in [4.78, 5) is 25.1. The lowest BCUT2D eigenvalue weighted by Crippen LogP contribution is -2.34. The predicted octanol–water partition coefficient (Wildman–Crippen LogP) is 3.05. The summed E-state index contributed by atoms with van der Waals surface area (Å²) in [6.07, 6.45) is 2.07. The van der Waals surface area contributed by atoms with E-state index in [0.29, 0.717) is 17.3 Å². The minimum atomic E-state index is -0.521. The highest BCUT2D eigenvalue weighted by molar-refractivity contribution is 5.98. The first-order chi connectivity index (χ1) is 11.0. The fraction of sp³-hybridized carbons (Fsp3) is 0.562. The molecule has 1 aliphatic heterocycles. The van der Waals surface area contributed by atoms with Crippen molar-refractivity contribution < 1.29 is 14.5 Å². The number of piperidine rings is 1. The van der Waals surface area contributed by atoms with Crippen LogP contribution in [0.5, 0.6) is 0 Å². The van der Waals surface area contributed by atoms with Gasteiger partial charge >= 0.3 is 5.97 Å². The topological polar surface area (TPSA) is 84.7 Å². The van der Waals surface area contributed by atoms with Gasteiger partial charge < -0.3 is 15.0 Å². The fourth-order valence-corrected chi connectivity index (χ4v) is 2.81. The van der Waals surface area contributed by atoms with Crippen LogP contribution in [0, 0.1) is 16.0 Å². The molecule has 0 spiro atoms. The first kappa shape index (κ1) is 17.1. The fourth-order valence-electron chi connectivity index (χ4n) is 2.81. The smallest absolute Gasteiger partial charge is 0.340 e. The molecule has 0 amide bonds. The lowest BCUT2D eigenvalue weighted by atomic mass is 9.97. The molecule has 0 bridgehead atoms. The minimum Gasteiger partial charge on any atom is -0.462 e. The summed E-state index contributed by atoms with van der Waals surface area (Å²) >= 11 is 0. The summed E-state index contributed by atoms with van der Waals surface area (Å²) < 4.78 is 5.08. The zero-order chi connectivity index (χ0) is 17.0. The van der Waals surface area contributed by atoms with Crippen LogP contribution < -0.4 is 10.2 Å². The average molecular weight is 321 g/mol. The first-order valence-corrected chi connectivity index (χ1v) is 7.90. The zero-order valence-corrected chi connectivity index (χ0v) is 13.8. The molecule has 2 rings (SSSR count). The van der Waals surface area contributed by atoms with Gasteiger partial charge in [0.1, 0.15) is 5.69 Å². The van der Waals surface area contributed by atoms with Crippen LogP contribution in [0.2, 0.25) is 0 Å². The Labute approximate surface area is 135 Å². The summed E-state index contributed by atoms with van der Waals surface area (Å²) in [5.74, 6) is 0.131. The van der Waals surface area contributed by atoms with Gasteiger partial charge in [-0.15, -0.1) is 0 Å². The second kappa shape index (κ2) is 7.30. The van der Waals surface area contributed by atoms with Crippen LogP contribution in [0.1, 0.15) is 37.0 Å². The molecule has 1 N–H and O–H groups in total. The average Bonchev–Trinajstić information content (AvgIpc) is 2.54. The Bertz CT molecular complexity index is 595. The number of esters is 1. The van der Waals surface area contributed by atoms with Gasteiger partial charge in [0.2, 0.25) is 0 Å². The van der Waals surface area contributed by atoms with Gasteiger partial charge in [0.25, 0.3) is 5.69 Å². The number of hydrogen-bond donors (Lipinski definition) is 1. The van der Waals surface area contributed by atoms with Crippen LogP contribution in [0.25, 0.3) is 0 Å². The number of anilines is 2. The Kier molecular flexibility index (Phi) is 5.41. The molecule has 1 fully saturated rings. The molecule has 7 nitrogen and oxygen atoms in total. The lowest BCUT2D eigenvalue weighted by molar-refractivity contribution is -0.384. The van der Waals surface area contributed by atoms with E-state index in [1.807, 2.05) is 0 Å². The van der Waals surface area contributed by atoms with E-state index in [1.165, 1.54) is 6.07 Å². The van der Waals surface area contributed by atoms with Gasteiger partial charge in [-0.1, -0.05) is 6.92 Å². The number of nitrogens with zero attached hydrogens (tertiary/aromatic N) is 2. The normalized spacial score (nSPS) is 15.3. The number of ether oxygens (including phenoxy) is 1. The third-order valence-corrected chi connectivity index (χ3v) is 4.20. The van der Waals surface area contributed by atoms with Crippen LogP contribution in [-0.4, -0.2) is 37.6 Å². The number of carbonyl (C=O) groups excluding carboxylic acids is 1. The quantitative estimate of drug-likeness (QED) is 0.510. The number of carbonyl (C=O) groups is 1. The van der Waals surface area contributed by atoms with E-state index in [9.17, 15) is 14.9 Å². The van der Waals surface area contributed by atoms with Gasteiger partial charge in [0.15, 0.2) is 0 Å². The highest BCUT2D eigenvalue weighted by Crippen LogP contribution is 2.35. The molecule has 0 saturated carbocycles. The minimum absolute atomic E-state index is 0.121. The molecular formula is C16H23N3O4. The second-order valence-corrected chi connectivity index (χ2v) is 5.78. The van der Waals surface area contributed by atoms with Crippen molar-refractivity contribution >= 4 is 23.0 Å². The van der Waals surface area contributed by atoms with Gasteiger partial charge in [-0.2, -0.15) is 0 Å². The molecule has 7 heteroatoms. The van der Waals surface area contributed by atoms with Crippen molar-refractivity contribution in [3.8, 4) is 0 Å². The van der Waals surface area contributed by atoms with Gasteiger partial charge in [-0.3, -0.25) is 10.1 Å². The van der Waals surface area contributed by atoms with E-state index in [2.05, 4.69) is 17.1 Å². The summed E-state index contributed by atoms with van der Waals surface area (Å²) in [5.41, 5.74) is 1.23. The Balaban J connectivity index is 2.48. The molecule has 1 heterocycles. The number of nitro benzene ring substituents is 1. The van der Waals surface area contributed by atoms with Crippen LogP contribution >= 0.6 is 0 Å². The standard InChI is InChI=1S/C16H23N3O4/c1-4-23-16(20)12-9-15(19(21)22)13(17-3)10-14(12)18-7-5-11(2)6-8-18/h9-11,17H,4-8H2,1-3H3. The van der Waals surface area contributed by atoms with Crippen molar-refractivity contribution in [3.63, 3.8) is 0 Å². The highest BCUT2D eigenvalue weighted by Gasteiger charge is 2.26. The number of hydrogen-bond acceptors (Lipinski definition) is 6. The molecule has 0 atom stereocenters. The molecule has 0 aliphatic carbocycles. The molecule has 23 heavy (non-hydrogen) atoms. The van der Waals surface area contributed by atoms with Crippen molar-refractivity contribution in [2.75, 3.05) is 37.0 Å². The van der Waals surface area contributed by atoms with E-state index in [1.54, 1.807) is 20.0 Å². The molecule has 1 aromatic rings. The van der Waals surface area contributed by atoms with Crippen LogP contribution in [0.4, 0.5) is 17.1 Å². The summed E-state index contributed by atoms with van der Waals surface area (Å²) in [6, 6.07) is 3.00.